The van der Waals surface area contributed by atoms with Crippen LogP contribution in [0.4, 0.5) is 18.0 Å². The number of ether oxygens (including phenoxy) is 2. The molecule has 1 heterocycles. The van der Waals surface area contributed by atoms with Crippen molar-refractivity contribution in [1.29, 1.82) is 0 Å². The first-order valence-corrected chi connectivity index (χ1v) is 11.9. The van der Waals surface area contributed by atoms with Crippen molar-refractivity contribution in [2.45, 2.75) is 44.2 Å². The van der Waals surface area contributed by atoms with Crippen LogP contribution in [0, 0.1) is 0 Å². The molecule has 34 heavy (non-hydrogen) atoms. The van der Waals surface area contributed by atoms with Gasteiger partial charge in [0.05, 0.1) is 22.3 Å². The Bertz CT molecular complexity index is 1330. The van der Waals surface area contributed by atoms with Crippen LogP contribution >= 0.6 is 0 Å². The van der Waals surface area contributed by atoms with Crippen LogP contribution in [-0.4, -0.2) is 42.3 Å². The second-order valence-corrected chi connectivity index (χ2v) is 10.6. The van der Waals surface area contributed by atoms with E-state index in [9.17, 15) is 26.4 Å². The van der Waals surface area contributed by atoms with Gasteiger partial charge < -0.3 is 19.4 Å². The first-order valence-electron chi connectivity index (χ1n) is 10.0. The summed E-state index contributed by atoms with van der Waals surface area (Å²) in [7, 11) is -2.14. The van der Waals surface area contributed by atoms with E-state index < -0.39 is 33.6 Å². The number of hydrogen-bond acceptors (Lipinski definition) is 6. The highest BCUT2D eigenvalue weighted by atomic mass is 32.2. The maximum Gasteiger partial charge on any atom is 0.573 e. The molecule has 0 aliphatic rings. The molecule has 0 radical (unpaired) electrons. The lowest BCUT2D eigenvalue weighted by Gasteiger charge is -2.20. The van der Waals surface area contributed by atoms with Gasteiger partial charge in [0.25, 0.3) is 0 Å². The van der Waals surface area contributed by atoms with E-state index >= 15 is 0 Å². The number of carbonyl (C=O) groups is 1. The van der Waals surface area contributed by atoms with Gasteiger partial charge in [0.1, 0.15) is 11.4 Å². The normalized spacial score (nSPS) is 12.6. The Hall–Kier alpha value is -3.28. The van der Waals surface area contributed by atoms with Gasteiger partial charge in [-0.25, -0.2) is 18.2 Å². The van der Waals surface area contributed by atoms with Gasteiger partial charge in [0.15, 0.2) is 9.84 Å². The standard InChI is InChI=1S/C22H24F3N3O5S/c1-21(2,3)33-20(29)26-11-14-10-16(13-6-8-15(9-7-13)32-22(23,24)25)17-18(28(4)12-27-17)19(14)34(5,30)31/h6-10,12H,11H2,1-5H3,(H,26,29). The number of halogens is 3. The zero-order valence-corrected chi connectivity index (χ0v) is 20.0. The third-order valence-electron chi connectivity index (χ3n) is 4.61. The first-order chi connectivity index (χ1) is 15.5. The molecule has 12 heteroatoms. The van der Waals surface area contributed by atoms with E-state index in [0.29, 0.717) is 22.2 Å². The molecule has 0 aliphatic carbocycles. The summed E-state index contributed by atoms with van der Waals surface area (Å²) in [5, 5.41) is 2.56. The van der Waals surface area contributed by atoms with Gasteiger partial charge in [0.2, 0.25) is 0 Å². The first kappa shape index (κ1) is 25.3. The molecule has 0 saturated heterocycles. The lowest BCUT2D eigenvalue weighted by Crippen LogP contribution is -2.32. The lowest BCUT2D eigenvalue weighted by molar-refractivity contribution is -0.274. The van der Waals surface area contributed by atoms with Crippen molar-refractivity contribution < 1.29 is 35.9 Å². The van der Waals surface area contributed by atoms with Crippen molar-refractivity contribution >= 4 is 27.0 Å². The number of alkyl halides is 3. The van der Waals surface area contributed by atoms with Crippen molar-refractivity contribution in [1.82, 2.24) is 14.9 Å². The summed E-state index contributed by atoms with van der Waals surface area (Å²) in [6, 6.07) is 6.68. The molecular formula is C22H24F3N3O5S. The van der Waals surface area contributed by atoms with Gasteiger partial charge in [-0.1, -0.05) is 12.1 Å². The van der Waals surface area contributed by atoms with Crippen molar-refractivity contribution in [3.05, 3.63) is 42.2 Å². The summed E-state index contributed by atoms with van der Waals surface area (Å²) in [6.45, 7) is 4.92. The monoisotopic (exact) mass is 499 g/mol. The zero-order chi connectivity index (χ0) is 25.5. The van der Waals surface area contributed by atoms with Crippen molar-refractivity contribution in [3.63, 3.8) is 0 Å². The van der Waals surface area contributed by atoms with Crippen molar-refractivity contribution in [2.75, 3.05) is 6.26 Å². The molecule has 0 fully saturated rings. The third-order valence-corrected chi connectivity index (χ3v) is 5.81. The second kappa shape index (κ2) is 8.82. The number of fused-ring (bicyclic) bond motifs is 1. The minimum Gasteiger partial charge on any atom is -0.444 e. The van der Waals surface area contributed by atoms with Crippen molar-refractivity contribution in [2.24, 2.45) is 7.05 Å². The van der Waals surface area contributed by atoms with Crippen LogP contribution in [-0.2, 0) is 28.2 Å². The van der Waals surface area contributed by atoms with Crippen LogP contribution in [0.5, 0.6) is 5.75 Å². The predicted octanol–water partition coefficient (Wildman–Crippen LogP) is 4.57. The summed E-state index contributed by atoms with van der Waals surface area (Å²) in [5.41, 5.74) is 1.13. The van der Waals surface area contributed by atoms with E-state index in [2.05, 4.69) is 15.0 Å². The van der Waals surface area contributed by atoms with E-state index in [4.69, 9.17) is 4.74 Å². The number of rotatable bonds is 5. The highest BCUT2D eigenvalue weighted by Gasteiger charge is 2.31. The Labute approximate surface area is 194 Å². The Morgan fingerprint density at radius 3 is 2.29 bits per heavy atom. The molecule has 1 aromatic heterocycles. The number of nitrogens with zero attached hydrogens (tertiary/aromatic N) is 2. The minimum absolute atomic E-state index is 0.0145. The predicted molar refractivity (Wildman–Crippen MR) is 119 cm³/mol. The van der Waals surface area contributed by atoms with Gasteiger partial charge in [0, 0.05) is 25.4 Å². The summed E-state index contributed by atoms with van der Waals surface area (Å²) in [4.78, 5) is 16.5. The summed E-state index contributed by atoms with van der Waals surface area (Å²) in [6.07, 6.45) is -3.07. The van der Waals surface area contributed by atoms with E-state index in [0.717, 1.165) is 18.4 Å². The number of imidazole rings is 1. The summed E-state index contributed by atoms with van der Waals surface area (Å²) >= 11 is 0. The fourth-order valence-electron chi connectivity index (χ4n) is 3.44. The molecule has 184 valence electrons. The average molecular weight is 500 g/mol. The van der Waals surface area contributed by atoms with Crippen LogP contribution in [0.3, 0.4) is 0 Å². The third kappa shape index (κ3) is 5.99. The number of hydrogen-bond donors (Lipinski definition) is 1. The van der Waals surface area contributed by atoms with E-state index in [-0.39, 0.29) is 17.0 Å². The molecule has 0 spiro atoms. The van der Waals surface area contributed by atoms with Crippen molar-refractivity contribution in [3.8, 4) is 16.9 Å². The van der Waals surface area contributed by atoms with E-state index in [1.165, 1.54) is 23.0 Å². The van der Waals surface area contributed by atoms with E-state index in [1.807, 2.05) is 0 Å². The summed E-state index contributed by atoms with van der Waals surface area (Å²) < 4.78 is 73.6. The van der Waals surface area contributed by atoms with Gasteiger partial charge in [-0.3, -0.25) is 0 Å². The van der Waals surface area contributed by atoms with Gasteiger partial charge in [-0.15, -0.1) is 13.2 Å². The lowest BCUT2D eigenvalue weighted by atomic mass is 10.0. The number of nitrogens with one attached hydrogen (secondary N) is 1. The quantitative estimate of drug-likeness (QED) is 0.552. The average Bonchev–Trinajstić information content (AvgIpc) is 3.04. The SMILES string of the molecule is Cn1cnc2c(-c3ccc(OC(F)(F)F)cc3)cc(CNC(=O)OC(C)(C)C)c(S(C)(=O)=O)c21. The molecule has 0 bridgehead atoms. The smallest absolute Gasteiger partial charge is 0.444 e. The van der Waals surface area contributed by atoms with Crippen LogP contribution in [0.15, 0.2) is 41.6 Å². The summed E-state index contributed by atoms with van der Waals surface area (Å²) in [5.74, 6) is -0.395. The van der Waals surface area contributed by atoms with Crippen LogP contribution in [0.1, 0.15) is 26.3 Å². The maximum atomic E-state index is 12.7. The number of aromatic nitrogens is 2. The van der Waals surface area contributed by atoms with Crippen LogP contribution in [0.2, 0.25) is 0 Å². The Balaban J connectivity index is 2.12. The van der Waals surface area contributed by atoms with Gasteiger partial charge >= 0.3 is 12.5 Å². The Kier molecular flexibility index (Phi) is 6.57. The molecular weight excluding hydrogens is 475 g/mol. The molecule has 8 nitrogen and oxygen atoms in total. The van der Waals surface area contributed by atoms with Gasteiger partial charge in [-0.2, -0.15) is 0 Å². The largest absolute Gasteiger partial charge is 0.573 e. The molecule has 3 rings (SSSR count). The fraction of sp³-hybridized carbons (Fsp3) is 0.364. The van der Waals surface area contributed by atoms with Crippen LogP contribution in [0.25, 0.3) is 22.2 Å². The highest BCUT2D eigenvalue weighted by molar-refractivity contribution is 7.91. The Morgan fingerprint density at radius 2 is 1.76 bits per heavy atom. The zero-order valence-electron chi connectivity index (χ0n) is 19.1. The number of amides is 1. The topological polar surface area (TPSA) is 99.5 Å². The number of aryl methyl sites for hydroxylation is 1. The molecule has 2 aromatic carbocycles. The molecule has 3 aromatic rings. The number of carbonyl (C=O) groups excluding carboxylic acids is 1. The maximum absolute atomic E-state index is 12.7. The number of benzene rings is 2. The number of alkyl carbamates (subject to hydrolysis) is 1. The molecule has 1 amide bonds. The highest BCUT2D eigenvalue weighted by Crippen LogP contribution is 2.36. The van der Waals surface area contributed by atoms with E-state index in [1.54, 1.807) is 33.9 Å². The number of sulfone groups is 1. The molecule has 0 atom stereocenters. The molecule has 0 unspecified atom stereocenters. The fourth-order valence-corrected chi connectivity index (χ4v) is 4.64. The Morgan fingerprint density at radius 1 is 1.15 bits per heavy atom. The molecule has 1 N–H and O–H groups in total. The second-order valence-electron chi connectivity index (χ2n) is 8.66. The molecule has 0 saturated carbocycles. The van der Waals surface area contributed by atoms with Crippen LogP contribution < -0.4 is 10.1 Å². The minimum atomic E-state index is -4.83. The molecule has 0 aliphatic heterocycles. The van der Waals surface area contributed by atoms with Gasteiger partial charge in [-0.05, 0) is 50.1 Å².